The van der Waals surface area contributed by atoms with Gasteiger partial charge in [-0.2, -0.15) is 0 Å². The molecule has 2 aromatic rings. The summed E-state index contributed by atoms with van der Waals surface area (Å²) in [6.45, 7) is 1.96. The average molecular weight is 355 g/mol. The highest BCUT2D eigenvalue weighted by Crippen LogP contribution is 2.32. The molecule has 1 N–H and O–H groups in total. The third kappa shape index (κ3) is 4.35. The van der Waals surface area contributed by atoms with E-state index in [9.17, 15) is 9.90 Å². The second-order valence-corrected chi connectivity index (χ2v) is 6.65. The Balaban J connectivity index is 1.76. The van der Waals surface area contributed by atoms with Crippen molar-refractivity contribution in [3.05, 3.63) is 48.0 Å². The van der Waals surface area contributed by atoms with Gasteiger partial charge < -0.3 is 19.5 Å². The van der Waals surface area contributed by atoms with Crippen LogP contribution in [-0.4, -0.2) is 49.8 Å². The van der Waals surface area contributed by atoms with E-state index in [4.69, 9.17) is 9.47 Å². The minimum atomic E-state index is 0.0452. The van der Waals surface area contributed by atoms with Crippen LogP contribution in [0.4, 0.5) is 0 Å². The van der Waals surface area contributed by atoms with E-state index in [0.29, 0.717) is 30.4 Å². The van der Waals surface area contributed by atoms with Crippen LogP contribution >= 0.6 is 0 Å². The predicted octanol–water partition coefficient (Wildman–Crippen LogP) is 3.57. The van der Waals surface area contributed by atoms with E-state index >= 15 is 0 Å². The molecular weight excluding hydrogens is 330 g/mol. The van der Waals surface area contributed by atoms with E-state index in [1.165, 1.54) is 20.0 Å². The Labute approximate surface area is 154 Å². The highest BCUT2D eigenvalue weighted by atomic mass is 16.5. The molecule has 0 atom stereocenters. The molecule has 0 aliphatic heterocycles. The SMILES string of the molecule is COCCN(CC1CC1)C(=O)c1ccc(-c2ccc(O)c(OC)c2)cc1. The zero-order valence-electron chi connectivity index (χ0n) is 15.3. The molecule has 26 heavy (non-hydrogen) atoms. The van der Waals surface area contributed by atoms with Crippen LogP contribution < -0.4 is 4.74 Å². The van der Waals surface area contributed by atoms with Gasteiger partial charge in [-0.25, -0.2) is 0 Å². The number of carbonyl (C=O) groups is 1. The van der Waals surface area contributed by atoms with Gasteiger partial charge in [-0.15, -0.1) is 0 Å². The third-order valence-corrected chi connectivity index (χ3v) is 4.67. The Bertz CT molecular complexity index is 753. The summed E-state index contributed by atoms with van der Waals surface area (Å²) in [7, 11) is 3.18. The molecule has 0 spiro atoms. The summed E-state index contributed by atoms with van der Waals surface area (Å²) >= 11 is 0. The van der Waals surface area contributed by atoms with Gasteiger partial charge in [0.05, 0.1) is 13.7 Å². The maximum absolute atomic E-state index is 12.8. The van der Waals surface area contributed by atoms with Gasteiger partial charge in [-0.05, 0) is 54.2 Å². The number of ether oxygens (including phenoxy) is 2. The third-order valence-electron chi connectivity index (χ3n) is 4.67. The Morgan fingerprint density at radius 1 is 1.12 bits per heavy atom. The maximum Gasteiger partial charge on any atom is 0.253 e. The molecule has 5 heteroatoms. The summed E-state index contributed by atoms with van der Waals surface area (Å²) in [6.07, 6.45) is 2.41. The minimum Gasteiger partial charge on any atom is -0.504 e. The first-order valence-electron chi connectivity index (χ1n) is 8.88. The lowest BCUT2D eigenvalue weighted by atomic mass is 10.0. The van der Waals surface area contributed by atoms with Crippen molar-refractivity contribution in [3.8, 4) is 22.6 Å². The Morgan fingerprint density at radius 3 is 2.42 bits per heavy atom. The normalized spacial score (nSPS) is 13.5. The van der Waals surface area contributed by atoms with Gasteiger partial charge in [0, 0.05) is 25.8 Å². The first-order valence-corrected chi connectivity index (χ1v) is 8.88. The summed E-state index contributed by atoms with van der Waals surface area (Å²) < 4.78 is 10.3. The highest BCUT2D eigenvalue weighted by Gasteiger charge is 2.27. The Morgan fingerprint density at radius 2 is 1.81 bits per heavy atom. The molecule has 0 aromatic heterocycles. The number of carbonyl (C=O) groups excluding carboxylic acids is 1. The summed E-state index contributed by atoms with van der Waals surface area (Å²) in [4.78, 5) is 14.7. The minimum absolute atomic E-state index is 0.0452. The fourth-order valence-electron chi connectivity index (χ4n) is 2.93. The van der Waals surface area contributed by atoms with Crippen LogP contribution in [0, 0.1) is 5.92 Å². The number of hydrogen-bond donors (Lipinski definition) is 1. The lowest BCUT2D eigenvalue weighted by Gasteiger charge is -2.22. The second kappa shape index (κ2) is 8.23. The molecule has 1 aliphatic rings. The van der Waals surface area contributed by atoms with E-state index in [0.717, 1.165) is 17.7 Å². The molecular formula is C21H25NO4. The number of rotatable bonds is 8. The van der Waals surface area contributed by atoms with Gasteiger partial charge in [-0.3, -0.25) is 4.79 Å². The average Bonchev–Trinajstić information content (AvgIpc) is 3.49. The van der Waals surface area contributed by atoms with E-state index in [1.807, 2.05) is 35.2 Å². The van der Waals surface area contributed by atoms with Crippen LogP contribution in [0.15, 0.2) is 42.5 Å². The smallest absolute Gasteiger partial charge is 0.253 e. The number of hydrogen-bond acceptors (Lipinski definition) is 4. The van der Waals surface area contributed by atoms with E-state index in [-0.39, 0.29) is 11.7 Å². The highest BCUT2D eigenvalue weighted by molar-refractivity contribution is 5.94. The van der Waals surface area contributed by atoms with Crippen molar-refractivity contribution in [1.29, 1.82) is 0 Å². The molecule has 5 nitrogen and oxygen atoms in total. The molecule has 1 fully saturated rings. The molecule has 0 unspecified atom stereocenters. The van der Waals surface area contributed by atoms with Crippen LogP contribution in [0.5, 0.6) is 11.5 Å². The fourth-order valence-corrected chi connectivity index (χ4v) is 2.93. The Kier molecular flexibility index (Phi) is 5.78. The van der Waals surface area contributed by atoms with Crippen LogP contribution in [0.25, 0.3) is 11.1 Å². The van der Waals surface area contributed by atoms with E-state index < -0.39 is 0 Å². The first-order chi connectivity index (χ1) is 12.6. The van der Waals surface area contributed by atoms with Crippen molar-refractivity contribution in [3.63, 3.8) is 0 Å². The molecule has 0 bridgehead atoms. The standard InChI is InChI=1S/C21H25NO4/c1-25-12-11-22(14-15-3-4-15)21(24)17-7-5-16(6-8-17)18-9-10-19(23)20(13-18)26-2/h5-10,13,15,23H,3-4,11-12,14H2,1-2H3. The molecule has 1 amide bonds. The number of nitrogens with zero attached hydrogens (tertiary/aromatic N) is 1. The molecule has 3 rings (SSSR count). The van der Waals surface area contributed by atoms with Gasteiger partial charge in [0.15, 0.2) is 11.5 Å². The molecule has 0 saturated heterocycles. The van der Waals surface area contributed by atoms with Crippen LogP contribution in [-0.2, 0) is 4.74 Å². The second-order valence-electron chi connectivity index (χ2n) is 6.65. The maximum atomic E-state index is 12.8. The fraction of sp³-hybridized carbons (Fsp3) is 0.381. The van der Waals surface area contributed by atoms with Crippen molar-refractivity contribution in [2.75, 3.05) is 33.9 Å². The number of methoxy groups -OCH3 is 2. The molecule has 1 saturated carbocycles. The zero-order valence-corrected chi connectivity index (χ0v) is 15.3. The lowest BCUT2D eigenvalue weighted by Crippen LogP contribution is -2.35. The first kappa shape index (κ1) is 18.3. The quantitative estimate of drug-likeness (QED) is 0.786. The van der Waals surface area contributed by atoms with Gasteiger partial charge in [0.1, 0.15) is 0 Å². The summed E-state index contributed by atoms with van der Waals surface area (Å²) in [5.74, 6) is 1.22. The number of phenols is 1. The van der Waals surface area contributed by atoms with Crippen molar-refractivity contribution in [1.82, 2.24) is 4.90 Å². The van der Waals surface area contributed by atoms with Crippen molar-refractivity contribution in [2.24, 2.45) is 5.92 Å². The van der Waals surface area contributed by atoms with Crippen molar-refractivity contribution >= 4 is 5.91 Å². The predicted molar refractivity (Wildman–Crippen MR) is 101 cm³/mol. The summed E-state index contributed by atoms with van der Waals surface area (Å²) in [5.41, 5.74) is 2.56. The largest absolute Gasteiger partial charge is 0.504 e. The van der Waals surface area contributed by atoms with Crippen molar-refractivity contribution < 1.29 is 19.4 Å². The lowest BCUT2D eigenvalue weighted by molar-refractivity contribution is 0.0686. The zero-order chi connectivity index (χ0) is 18.5. The number of amides is 1. The topological polar surface area (TPSA) is 59.0 Å². The van der Waals surface area contributed by atoms with Gasteiger partial charge >= 0.3 is 0 Å². The number of aromatic hydroxyl groups is 1. The molecule has 2 aromatic carbocycles. The van der Waals surface area contributed by atoms with Gasteiger partial charge in [0.25, 0.3) is 5.91 Å². The van der Waals surface area contributed by atoms with E-state index in [2.05, 4.69) is 0 Å². The van der Waals surface area contributed by atoms with Crippen LogP contribution in [0.2, 0.25) is 0 Å². The molecule has 0 radical (unpaired) electrons. The van der Waals surface area contributed by atoms with Gasteiger partial charge in [0.2, 0.25) is 0 Å². The molecule has 1 aliphatic carbocycles. The van der Waals surface area contributed by atoms with E-state index in [1.54, 1.807) is 19.2 Å². The van der Waals surface area contributed by atoms with Crippen molar-refractivity contribution in [2.45, 2.75) is 12.8 Å². The molecule has 138 valence electrons. The van der Waals surface area contributed by atoms with Crippen LogP contribution in [0.3, 0.4) is 0 Å². The van der Waals surface area contributed by atoms with Crippen LogP contribution in [0.1, 0.15) is 23.2 Å². The Hall–Kier alpha value is -2.53. The monoisotopic (exact) mass is 355 g/mol. The summed E-state index contributed by atoms with van der Waals surface area (Å²) in [6, 6.07) is 12.8. The number of phenolic OH excluding ortho intramolecular Hbond substituents is 1. The van der Waals surface area contributed by atoms with Gasteiger partial charge in [-0.1, -0.05) is 18.2 Å². The molecule has 0 heterocycles. The number of benzene rings is 2. The summed E-state index contributed by atoms with van der Waals surface area (Å²) in [5, 5.41) is 9.72.